The molecule has 7 nitrogen and oxygen atoms in total. The normalized spacial score (nSPS) is 13.9. The number of carbonyl (C=O) groups is 2. The van der Waals surface area contributed by atoms with Crippen molar-refractivity contribution in [3.63, 3.8) is 0 Å². The summed E-state index contributed by atoms with van der Waals surface area (Å²) in [7, 11) is 0. The van der Waals surface area contributed by atoms with Gasteiger partial charge >= 0.3 is 0 Å². The maximum absolute atomic E-state index is 12.8. The first-order valence-corrected chi connectivity index (χ1v) is 8.50. The lowest BCUT2D eigenvalue weighted by molar-refractivity contribution is -0.384. The summed E-state index contributed by atoms with van der Waals surface area (Å²) in [5.74, 6) is -0.624. The fraction of sp³-hybridized carbons (Fsp3) is 0.263. The Hall–Kier alpha value is -3.22. The predicted molar refractivity (Wildman–Crippen MR) is 97.2 cm³/mol. The Bertz CT molecular complexity index is 844. The van der Waals surface area contributed by atoms with Crippen LogP contribution in [0.5, 0.6) is 0 Å². The zero-order valence-electron chi connectivity index (χ0n) is 14.2. The highest BCUT2D eigenvalue weighted by atomic mass is 16.6. The number of rotatable bonds is 4. The van der Waals surface area contributed by atoms with Crippen LogP contribution in [0.3, 0.4) is 0 Å². The number of nitro groups is 1. The van der Waals surface area contributed by atoms with Crippen LogP contribution in [0.25, 0.3) is 0 Å². The van der Waals surface area contributed by atoms with E-state index in [-0.39, 0.29) is 17.2 Å². The van der Waals surface area contributed by atoms with Crippen molar-refractivity contribution in [2.75, 3.05) is 18.4 Å². The van der Waals surface area contributed by atoms with Gasteiger partial charge in [-0.2, -0.15) is 0 Å². The number of carbonyl (C=O) groups excluding carboxylic acids is 2. The molecule has 0 spiro atoms. The van der Waals surface area contributed by atoms with Crippen molar-refractivity contribution >= 4 is 23.2 Å². The van der Waals surface area contributed by atoms with Crippen LogP contribution in [0, 0.1) is 10.1 Å². The van der Waals surface area contributed by atoms with Crippen LogP contribution in [0.4, 0.5) is 11.4 Å². The molecule has 0 bridgehead atoms. The molecular formula is C19H19N3O4. The Morgan fingerprint density at radius 2 is 1.65 bits per heavy atom. The molecule has 2 aromatic rings. The van der Waals surface area contributed by atoms with Crippen LogP contribution in [-0.4, -0.2) is 34.7 Å². The van der Waals surface area contributed by atoms with Crippen molar-refractivity contribution in [3.8, 4) is 0 Å². The first-order chi connectivity index (χ1) is 12.6. The molecule has 0 atom stereocenters. The molecule has 2 aromatic carbocycles. The summed E-state index contributed by atoms with van der Waals surface area (Å²) in [4.78, 5) is 37.5. The lowest BCUT2D eigenvalue weighted by Crippen LogP contribution is -2.36. The third-order valence-corrected chi connectivity index (χ3v) is 4.36. The molecule has 0 saturated carbocycles. The molecule has 1 aliphatic rings. The highest BCUT2D eigenvalue weighted by Crippen LogP contribution is 2.20. The molecule has 0 aliphatic carbocycles. The van der Waals surface area contributed by atoms with E-state index < -0.39 is 10.8 Å². The number of amides is 2. The molecule has 0 radical (unpaired) electrons. The van der Waals surface area contributed by atoms with E-state index in [1.54, 1.807) is 35.2 Å². The van der Waals surface area contributed by atoms with Gasteiger partial charge in [0.15, 0.2) is 0 Å². The van der Waals surface area contributed by atoms with Gasteiger partial charge in [0.1, 0.15) is 0 Å². The number of anilines is 1. The quantitative estimate of drug-likeness (QED) is 0.673. The SMILES string of the molecule is O=C(Nc1cccc([N+](=O)[O-])c1)c1ccccc1C(=O)N1CCCCC1. The van der Waals surface area contributed by atoms with E-state index in [1.807, 2.05) is 0 Å². The first kappa shape index (κ1) is 17.6. The Morgan fingerprint density at radius 3 is 2.35 bits per heavy atom. The number of hydrogen-bond acceptors (Lipinski definition) is 4. The van der Waals surface area contributed by atoms with Crippen LogP contribution in [0.1, 0.15) is 40.0 Å². The lowest BCUT2D eigenvalue weighted by atomic mass is 10.0. The van der Waals surface area contributed by atoms with Gasteiger partial charge in [0, 0.05) is 30.9 Å². The topological polar surface area (TPSA) is 92.5 Å². The van der Waals surface area contributed by atoms with Gasteiger partial charge in [-0.05, 0) is 37.5 Å². The number of non-ortho nitro benzene ring substituents is 1. The maximum atomic E-state index is 12.8. The Labute approximate surface area is 150 Å². The van der Waals surface area contributed by atoms with Gasteiger partial charge in [-0.3, -0.25) is 19.7 Å². The van der Waals surface area contributed by atoms with Crippen molar-refractivity contribution in [2.45, 2.75) is 19.3 Å². The molecule has 0 unspecified atom stereocenters. The van der Waals surface area contributed by atoms with E-state index in [1.165, 1.54) is 18.2 Å². The fourth-order valence-corrected chi connectivity index (χ4v) is 3.03. The van der Waals surface area contributed by atoms with E-state index >= 15 is 0 Å². The summed E-state index contributed by atoms with van der Waals surface area (Å²) < 4.78 is 0. The Balaban J connectivity index is 1.82. The predicted octanol–water partition coefficient (Wildman–Crippen LogP) is 3.47. The molecule has 1 N–H and O–H groups in total. The number of hydrogen-bond donors (Lipinski definition) is 1. The van der Waals surface area contributed by atoms with Crippen molar-refractivity contribution in [1.29, 1.82) is 0 Å². The van der Waals surface area contributed by atoms with Crippen LogP contribution in [0.15, 0.2) is 48.5 Å². The second-order valence-corrected chi connectivity index (χ2v) is 6.16. The van der Waals surface area contributed by atoms with Gasteiger partial charge in [0.25, 0.3) is 17.5 Å². The van der Waals surface area contributed by atoms with Crippen molar-refractivity contribution in [3.05, 3.63) is 69.8 Å². The average Bonchev–Trinajstić information content (AvgIpc) is 2.68. The number of benzene rings is 2. The highest BCUT2D eigenvalue weighted by Gasteiger charge is 2.23. The van der Waals surface area contributed by atoms with Gasteiger partial charge in [0.05, 0.1) is 16.1 Å². The summed E-state index contributed by atoms with van der Waals surface area (Å²) in [5, 5.41) is 13.5. The first-order valence-electron chi connectivity index (χ1n) is 8.50. The molecule has 26 heavy (non-hydrogen) atoms. The molecule has 1 saturated heterocycles. The minimum Gasteiger partial charge on any atom is -0.339 e. The van der Waals surface area contributed by atoms with Crippen LogP contribution >= 0.6 is 0 Å². The summed E-state index contributed by atoms with van der Waals surface area (Å²) in [6.07, 6.45) is 3.04. The van der Waals surface area contributed by atoms with Gasteiger partial charge in [-0.25, -0.2) is 0 Å². The molecule has 1 heterocycles. The third-order valence-electron chi connectivity index (χ3n) is 4.36. The highest BCUT2D eigenvalue weighted by molar-refractivity contribution is 6.12. The van der Waals surface area contributed by atoms with E-state index in [9.17, 15) is 19.7 Å². The fourth-order valence-electron chi connectivity index (χ4n) is 3.03. The van der Waals surface area contributed by atoms with Crippen molar-refractivity contribution in [1.82, 2.24) is 4.90 Å². The van der Waals surface area contributed by atoms with Gasteiger partial charge < -0.3 is 10.2 Å². The molecule has 0 aromatic heterocycles. The number of nitrogens with zero attached hydrogens (tertiary/aromatic N) is 2. The standard InChI is InChI=1S/C19H19N3O4/c23-18(20-14-7-6-8-15(13-14)22(25)26)16-9-2-3-10-17(16)19(24)21-11-4-1-5-12-21/h2-3,6-10,13H,1,4-5,11-12H2,(H,20,23). The molecule has 1 fully saturated rings. The minimum absolute atomic E-state index is 0.111. The van der Waals surface area contributed by atoms with Crippen molar-refractivity contribution < 1.29 is 14.5 Å². The maximum Gasteiger partial charge on any atom is 0.271 e. The van der Waals surface area contributed by atoms with Gasteiger partial charge in [0.2, 0.25) is 0 Å². The molecule has 134 valence electrons. The Kier molecular flexibility index (Phi) is 5.26. The van der Waals surface area contributed by atoms with Gasteiger partial charge in [-0.15, -0.1) is 0 Å². The van der Waals surface area contributed by atoms with Crippen LogP contribution < -0.4 is 5.32 Å². The molecule has 7 heteroatoms. The molecule has 3 rings (SSSR count). The van der Waals surface area contributed by atoms with Crippen molar-refractivity contribution in [2.24, 2.45) is 0 Å². The van der Waals surface area contributed by atoms with E-state index in [4.69, 9.17) is 0 Å². The lowest BCUT2D eigenvalue weighted by Gasteiger charge is -2.27. The second-order valence-electron chi connectivity index (χ2n) is 6.16. The summed E-state index contributed by atoms with van der Waals surface area (Å²) >= 11 is 0. The van der Waals surface area contributed by atoms with Crippen LogP contribution in [-0.2, 0) is 0 Å². The van der Waals surface area contributed by atoms with Crippen LogP contribution in [0.2, 0.25) is 0 Å². The number of nitro benzene ring substituents is 1. The largest absolute Gasteiger partial charge is 0.339 e. The summed E-state index contributed by atoms with van der Waals surface area (Å²) in [6.45, 7) is 1.39. The smallest absolute Gasteiger partial charge is 0.271 e. The molecule has 2 amide bonds. The zero-order chi connectivity index (χ0) is 18.5. The summed E-state index contributed by atoms with van der Waals surface area (Å²) in [5.41, 5.74) is 0.803. The number of nitrogens with one attached hydrogen (secondary N) is 1. The monoisotopic (exact) mass is 353 g/mol. The minimum atomic E-state index is -0.524. The second kappa shape index (κ2) is 7.77. The number of piperidine rings is 1. The van der Waals surface area contributed by atoms with E-state index in [2.05, 4.69) is 5.32 Å². The van der Waals surface area contributed by atoms with Gasteiger partial charge in [-0.1, -0.05) is 18.2 Å². The zero-order valence-corrected chi connectivity index (χ0v) is 14.2. The average molecular weight is 353 g/mol. The molecule has 1 aliphatic heterocycles. The summed E-state index contributed by atoms with van der Waals surface area (Å²) in [6, 6.07) is 12.3. The van der Waals surface area contributed by atoms with E-state index in [0.29, 0.717) is 24.3 Å². The third kappa shape index (κ3) is 3.88. The number of likely N-dealkylation sites (tertiary alicyclic amines) is 1. The Morgan fingerprint density at radius 1 is 0.962 bits per heavy atom. The van der Waals surface area contributed by atoms with E-state index in [0.717, 1.165) is 19.3 Å². The molecular weight excluding hydrogens is 334 g/mol.